The second kappa shape index (κ2) is 12.8. The maximum Gasteiger partial charge on any atom is 1.00 e. The van der Waals surface area contributed by atoms with Crippen molar-refractivity contribution < 1.29 is 64.1 Å². The molecule has 42 heavy (non-hydrogen) atoms. The Hall–Kier alpha value is -2.87. The van der Waals surface area contributed by atoms with Gasteiger partial charge in [-0.2, -0.15) is 0 Å². The number of aromatic carboxylic acids is 1. The summed E-state index contributed by atoms with van der Waals surface area (Å²) in [5, 5.41) is 32.2. The van der Waals surface area contributed by atoms with Crippen molar-refractivity contribution in [2.45, 2.75) is 50.3 Å². The van der Waals surface area contributed by atoms with Crippen LogP contribution in [0.25, 0.3) is 0 Å². The third kappa shape index (κ3) is 6.10. The second-order valence-corrected chi connectivity index (χ2v) is 12.2. The molecule has 0 unspecified atom stereocenters. The fourth-order valence-electron chi connectivity index (χ4n) is 6.07. The zero-order valence-electron chi connectivity index (χ0n) is 23.6. The summed E-state index contributed by atoms with van der Waals surface area (Å²) in [7, 11) is 0. The van der Waals surface area contributed by atoms with Crippen LogP contribution in [0.1, 0.15) is 36.2 Å². The first-order valence-electron chi connectivity index (χ1n) is 13.3. The average Bonchev–Trinajstić information content (AvgIpc) is 3.42. The van der Waals surface area contributed by atoms with Crippen molar-refractivity contribution in [3.63, 3.8) is 0 Å². The standard InChI is InChI=1S/C29H32N4O7S.Na/c1-14-23-22(15(2)34)27(36)33(23)24(29(39)40)25(14)41-20-11-21(32(13-20)12-16-6-8-18(30)9-7-16)26(35)31-19-5-3-4-17(10-19)28(37)38;/h3-10,14-15,20-23,34H,11-13,30H2,1-2H3,(H,31,35)(H,37,38)(H,39,40);/q;+1/t14-,15-,20+,21+,22-,23-;/m1./s1. The van der Waals surface area contributed by atoms with Gasteiger partial charge in [0.1, 0.15) is 5.70 Å². The molecule has 0 aliphatic carbocycles. The molecule has 0 radical (unpaired) electrons. The molecule has 6 atom stereocenters. The number of thioether (sulfide) groups is 1. The van der Waals surface area contributed by atoms with E-state index in [4.69, 9.17) is 5.73 Å². The van der Waals surface area contributed by atoms with Crippen molar-refractivity contribution >= 4 is 46.9 Å². The normalized spacial score (nSPS) is 25.8. The third-order valence-electron chi connectivity index (χ3n) is 8.01. The van der Waals surface area contributed by atoms with Crippen LogP contribution >= 0.6 is 11.8 Å². The van der Waals surface area contributed by atoms with Crippen LogP contribution in [-0.4, -0.2) is 78.9 Å². The fourth-order valence-corrected chi connectivity index (χ4v) is 7.62. The summed E-state index contributed by atoms with van der Waals surface area (Å²) in [6.07, 6.45) is -0.480. The van der Waals surface area contributed by atoms with Crippen LogP contribution in [0.15, 0.2) is 59.1 Å². The van der Waals surface area contributed by atoms with E-state index in [2.05, 4.69) is 5.32 Å². The predicted molar refractivity (Wildman–Crippen MR) is 153 cm³/mol. The minimum Gasteiger partial charge on any atom is -0.478 e. The van der Waals surface area contributed by atoms with Crippen LogP contribution in [0.2, 0.25) is 0 Å². The predicted octanol–water partition coefficient (Wildman–Crippen LogP) is -0.560. The number of benzene rings is 2. The number of carbonyl (C=O) groups excluding carboxylic acids is 2. The van der Waals surface area contributed by atoms with Crippen LogP contribution in [0, 0.1) is 11.8 Å². The molecular formula is C29H32N4NaO7S+. The van der Waals surface area contributed by atoms with E-state index in [1.165, 1.54) is 28.8 Å². The number of nitrogen functional groups attached to an aromatic ring is 1. The van der Waals surface area contributed by atoms with Gasteiger partial charge in [-0.3, -0.25) is 14.5 Å². The van der Waals surface area contributed by atoms with Crippen LogP contribution in [0.4, 0.5) is 11.4 Å². The van der Waals surface area contributed by atoms with Gasteiger partial charge in [-0.25, -0.2) is 9.59 Å². The topological polar surface area (TPSA) is 174 Å². The Morgan fingerprint density at radius 3 is 2.43 bits per heavy atom. The number of aliphatic hydroxyl groups is 1. The summed E-state index contributed by atoms with van der Waals surface area (Å²) < 4.78 is 0. The maximum absolute atomic E-state index is 13.5. The molecular weight excluding hydrogens is 571 g/mol. The molecule has 216 valence electrons. The summed E-state index contributed by atoms with van der Waals surface area (Å²) in [4.78, 5) is 53.8. The molecule has 0 bridgehead atoms. The van der Waals surface area contributed by atoms with Crippen molar-refractivity contribution in [1.29, 1.82) is 0 Å². The molecule has 3 aliphatic heterocycles. The molecule has 6 N–H and O–H groups in total. The first kappa shape index (κ1) is 32.1. The number of hydrogen-bond acceptors (Lipinski definition) is 8. The van der Waals surface area contributed by atoms with E-state index in [0.29, 0.717) is 35.8 Å². The molecule has 2 fully saturated rings. The third-order valence-corrected chi connectivity index (χ3v) is 9.51. The Balaban J connectivity index is 0.00000405. The molecule has 3 heterocycles. The molecule has 2 saturated heterocycles. The summed E-state index contributed by atoms with van der Waals surface area (Å²) in [5.41, 5.74) is 7.79. The first-order chi connectivity index (χ1) is 19.5. The van der Waals surface area contributed by atoms with E-state index < -0.39 is 36.0 Å². The summed E-state index contributed by atoms with van der Waals surface area (Å²) in [6, 6.07) is 12.4. The van der Waals surface area contributed by atoms with Crippen LogP contribution < -0.4 is 40.6 Å². The molecule has 0 saturated carbocycles. The minimum absolute atomic E-state index is 0. The Labute approximate surface area is 269 Å². The van der Waals surface area contributed by atoms with Crippen molar-refractivity contribution in [2.24, 2.45) is 11.8 Å². The Kier molecular flexibility index (Phi) is 9.75. The van der Waals surface area contributed by atoms with Gasteiger partial charge in [0.2, 0.25) is 11.8 Å². The number of anilines is 2. The zero-order chi connectivity index (χ0) is 29.6. The molecule has 5 rings (SSSR count). The van der Waals surface area contributed by atoms with Gasteiger partial charge in [0, 0.05) is 40.5 Å². The number of nitrogens with zero attached hydrogens (tertiary/aromatic N) is 2. The Bertz CT molecular complexity index is 1430. The van der Waals surface area contributed by atoms with Gasteiger partial charge in [-0.05, 0) is 49.2 Å². The molecule has 11 nitrogen and oxygen atoms in total. The van der Waals surface area contributed by atoms with Crippen LogP contribution in [0.5, 0.6) is 0 Å². The number of aliphatic carboxylic acids is 1. The van der Waals surface area contributed by atoms with Crippen molar-refractivity contribution in [2.75, 3.05) is 17.6 Å². The number of aliphatic hydroxyl groups excluding tert-OH is 1. The number of carboxylic acids is 2. The van der Waals surface area contributed by atoms with Crippen molar-refractivity contribution in [3.8, 4) is 0 Å². The van der Waals surface area contributed by atoms with Gasteiger partial charge in [0.15, 0.2) is 0 Å². The molecule has 2 amide bonds. The fraction of sp³-hybridized carbons (Fsp3) is 0.379. The molecule has 0 aromatic heterocycles. The van der Waals surface area contributed by atoms with E-state index in [9.17, 15) is 34.5 Å². The van der Waals surface area contributed by atoms with E-state index in [-0.39, 0.29) is 63.8 Å². The van der Waals surface area contributed by atoms with E-state index in [1.807, 2.05) is 24.0 Å². The number of nitrogens with one attached hydrogen (secondary N) is 1. The maximum atomic E-state index is 13.5. The van der Waals surface area contributed by atoms with Crippen LogP contribution in [-0.2, 0) is 20.9 Å². The quantitative estimate of drug-likeness (QED) is 0.142. The SMILES string of the molecule is C[C@@H](O)[C@H]1C(=O)N2C(C(=O)O)=C(S[C@H]3C[C@@H](C(=O)Nc4cccc(C(=O)O)c4)N(Cc4ccc(N)cc4)C3)[C@H](C)[C@H]12.[Na+]. The van der Waals surface area contributed by atoms with Gasteiger partial charge < -0.3 is 31.3 Å². The van der Waals surface area contributed by atoms with E-state index in [0.717, 1.165) is 5.56 Å². The number of amides is 2. The Morgan fingerprint density at radius 1 is 1.12 bits per heavy atom. The number of nitrogens with two attached hydrogens (primary N) is 1. The molecule has 2 aromatic rings. The summed E-state index contributed by atoms with van der Waals surface area (Å²) >= 11 is 1.38. The smallest absolute Gasteiger partial charge is 0.478 e. The summed E-state index contributed by atoms with van der Waals surface area (Å²) in [6.45, 7) is 4.34. The van der Waals surface area contributed by atoms with Crippen molar-refractivity contribution in [3.05, 3.63) is 70.3 Å². The van der Waals surface area contributed by atoms with Gasteiger partial charge >= 0.3 is 41.5 Å². The number of β-lactam (4-membered cyclic amide) rings is 1. The van der Waals surface area contributed by atoms with E-state index >= 15 is 0 Å². The molecule has 13 heteroatoms. The van der Waals surface area contributed by atoms with Crippen molar-refractivity contribution in [1.82, 2.24) is 9.80 Å². The number of carbonyl (C=O) groups is 4. The molecule has 2 aromatic carbocycles. The average molecular weight is 604 g/mol. The number of carboxylic acid groups (broad SMARTS) is 2. The number of rotatable bonds is 9. The van der Waals surface area contributed by atoms with Gasteiger partial charge in [-0.1, -0.05) is 25.1 Å². The van der Waals surface area contributed by atoms with Gasteiger partial charge in [0.25, 0.3) is 0 Å². The van der Waals surface area contributed by atoms with Gasteiger partial charge in [-0.15, -0.1) is 11.8 Å². The largest absolute Gasteiger partial charge is 1.00 e. The molecule has 0 spiro atoms. The number of likely N-dealkylation sites (tertiary alicyclic amines) is 1. The molecule has 3 aliphatic rings. The van der Waals surface area contributed by atoms with E-state index in [1.54, 1.807) is 31.2 Å². The minimum atomic E-state index is -1.19. The van der Waals surface area contributed by atoms with Crippen LogP contribution in [0.3, 0.4) is 0 Å². The zero-order valence-corrected chi connectivity index (χ0v) is 26.4. The first-order valence-corrected chi connectivity index (χ1v) is 14.2. The Morgan fingerprint density at radius 2 is 1.81 bits per heavy atom. The van der Waals surface area contributed by atoms with Gasteiger partial charge in [0.05, 0.1) is 29.7 Å². The number of hydrogen-bond donors (Lipinski definition) is 5. The summed E-state index contributed by atoms with van der Waals surface area (Å²) in [5.74, 6) is -3.90. The second-order valence-electron chi connectivity index (χ2n) is 10.8. The monoisotopic (exact) mass is 603 g/mol. The number of fused-ring (bicyclic) bond motifs is 1.